The summed E-state index contributed by atoms with van der Waals surface area (Å²) in [6.45, 7) is 0. The highest BCUT2D eigenvalue weighted by Gasteiger charge is 2.57. The molecule has 4 unspecified atom stereocenters. The molecule has 3 aliphatic carbocycles. The fraction of sp³-hybridized carbons (Fsp3) is 0.303. The molecule has 48 heavy (non-hydrogen) atoms. The van der Waals surface area contributed by atoms with Gasteiger partial charge < -0.3 is 14.6 Å². The lowest BCUT2D eigenvalue weighted by molar-refractivity contribution is -0.141. The molecule has 6 rings (SSSR count). The lowest BCUT2D eigenvalue weighted by Gasteiger charge is -2.41. The molecule has 0 bridgehead atoms. The number of hydrogen-bond donors (Lipinski definition) is 1. The van der Waals surface area contributed by atoms with Gasteiger partial charge in [0.2, 0.25) is 5.75 Å². The fourth-order valence-electron chi connectivity index (χ4n) is 6.89. The molecule has 4 aliphatic rings. The Balaban J connectivity index is 1.40. The van der Waals surface area contributed by atoms with Crippen molar-refractivity contribution in [3.05, 3.63) is 80.0 Å². The number of carbonyl (C=O) groups excluding carboxylic acids is 4. The van der Waals surface area contributed by atoms with Crippen molar-refractivity contribution >= 4 is 62.8 Å². The number of phenols is 1. The van der Waals surface area contributed by atoms with Crippen LogP contribution in [0.4, 0.5) is 19.0 Å². The molecule has 1 N–H and O–H groups in total. The third kappa shape index (κ3) is 5.40. The van der Waals surface area contributed by atoms with E-state index in [4.69, 9.17) is 21.1 Å². The summed E-state index contributed by atoms with van der Waals surface area (Å²) in [7, 11) is 3.98. The second kappa shape index (κ2) is 12.2. The van der Waals surface area contributed by atoms with Crippen LogP contribution in [0.25, 0.3) is 6.08 Å². The number of carbonyl (C=O) groups is 4. The van der Waals surface area contributed by atoms with Gasteiger partial charge in [-0.2, -0.15) is 18.2 Å². The van der Waals surface area contributed by atoms with Gasteiger partial charge in [0.25, 0.3) is 11.8 Å². The first-order chi connectivity index (χ1) is 22.7. The number of hydrogen-bond acceptors (Lipinski definition) is 9. The number of benzene rings is 1. The highest BCUT2D eigenvalue weighted by molar-refractivity contribution is 9.12. The number of aromatic hydroxyl groups is 1. The van der Waals surface area contributed by atoms with E-state index in [0.717, 1.165) is 16.1 Å². The number of allylic oxidation sites excluding steroid dienone is 7. The molecule has 1 aromatic carbocycles. The van der Waals surface area contributed by atoms with Crippen molar-refractivity contribution in [2.75, 3.05) is 26.3 Å². The van der Waals surface area contributed by atoms with Crippen molar-refractivity contribution in [1.29, 1.82) is 0 Å². The van der Waals surface area contributed by atoms with E-state index in [1.54, 1.807) is 30.4 Å². The molecule has 1 saturated heterocycles. The number of ether oxygens (including phenoxy) is 2. The molecule has 2 heterocycles. The first kappa shape index (κ1) is 33.5. The van der Waals surface area contributed by atoms with Gasteiger partial charge in [-0.05, 0) is 64.5 Å². The molecule has 0 spiro atoms. The Kier molecular flexibility index (Phi) is 8.52. The number of halogens is 5. The maximum atomic E-state index is 14.1. The predicted molar refractivity (Wildman–Crippen MR) is 170 cm³/mol. The van der Waals surface area contributed by atoms with E-state index in [-0.39, 0.29) is 50.7 Å². The number of alkyl halides is 3. The van der Waals surface area contributed by atoms with Crippen molar-refractivity contribution in [1.82, 2.24) is 9.99 Å². The number of pyridine rings is 1. The molecule has 1 aliphatic heterocycles. The van der Waals surface area contributed by atoms with Crippen LogP contribution in [0.15, 0.2) is 63.7 Å². The SMILES string of the molecule is COc1cc(C=CC2C3=CCC4C(=O)N(N(C)c5nc(C(F)(F)F)ccc5Cl)C(=O)C4C3CC3=C2C(=O)C=C(Br)C3=O)cc(OC)c1O. The summed E-state index contributed by atoms with van der Waals surface area (Å²) in [5.41, 5.74) is 0.374. The molecule has 0 saturated carbocycles. The number of rotatable bonds is 6. The number of anilines is 1. The highest BCUT2D eigenvalue weighted by Crippen LogP contribution is 2.53. The van der Waals surface area contributed by atoms with Crippen LogP contribution >= 0.6 is 27.5 Å². The fourth-order valence-corrected chi connectivity index (χ4v) is 7.57. The lowest BCUT2D eigenvalue weighted by Crippen LogP contribution is -2.46. The smallest absolute Gasteiger partial charge is 0.433 e. The van der Waals surface area contributed by atoms with Crippen LogP contribution in [0.1, 0.15) is 24.1 Å². The van der Waals surface area contributed by atoms with Crippen molar-refractivity contribution < 1.29 is 46.9 Å². The summed E-state index contributed by atoms with van der Waals surface area (Å²) in [6, 6.07) is 4.80. The average Bonchev–Trinajstić information content (AvgIpc) is 3.30. The van der Waals surface area contributed by atoms with Gasteiger partial charge in [0.05, 0.1) is 35.6 Å². The van der Waals surface area contributed by atoms with Crippen LogP contribution in [-0.2, 0) is 25.4 Å². The molecule has 2 aromatic rings. The second-order valence-electron chi connectivity index (χ2n) is 11.6. The summed E-state index contributed by atoms with van der Waals surface area (Å²) in [6.07, 6.45) is 1.65. The highest BCUT2D eigenvalue weighted by atomic mass is 79.9. The Hall–Kier alpha value is -4.43. The van der Waals surface area contributed by atoms with Crippen molar-refractivity contribution in [2.45, 2.75) is 19.0 Å². The molecule has 4 atom stereocenters. The van der Waals surface area contributed by atoms with Crippen LogP contribution in [0.3, 0.4) is 0 Å². The van der Waals surface area contributed by atoms with Crippen molar-refractivity contribution in [3.8, 4) is 17.2 Å². The third-order valence-electron chi connectivity index (χ3n) is 9.06. The number of Topliss-reactive ketones (excluding diaryl/α,β-unsaturated/α-hetero) is 1. The summed E-state index contributed by atoms with van der Waals surface area (Å²) < 4.78 is 51.0. The number of aromatic nitrogens is 1. The molecule has 0 radical (unpaired) electrons. The van der Waals surface area contributed by atoms with E-state index in [9.17, 15) is 37.5 Å². The normalized spacial score (nSPS) is 24.0. The van der Waals surface area contributed by atoms with Crippen LogP contribution < -0.4 is 14.5 Å². The summed E-state index contributed by atoms with van der Waals surface area (Å²) >= 11 is 9.37. The average molecular weight is 749 g/mol. The molecular weight excluding hydrogens is 723 g/mol. The summed E-state index contributed by atoms with van der Waals surface area (Å²) in [5.74, 6) is -5.87. The molecule has 15 heteroatoms. The van der Waals surface area contributed by atoms with Gasteiger partial charge >= 0.3 is 6.18 Å². The lowest BCUT2D eigenvalue weighted by atomic mass is 9.61. The van der Waals surface area contributed by atoms with Crippen molar-refractivity contribution in [3.63, 3.8) is 0 Å². The van der Waals surface area contributed by atoms with Gasteiger partial charge in [-0.25, -0.2) is 4.98 Å². The zero-order valence-corrected chi connectivity index (χ0v) is 27.8. The number of amides is 2. The topological polar surface area (TPSA) is 126 Å². The number of hydrazine groups is 1. The molecule has 1 fully saturated rings. The monoisotopic (exact) mass is 747 g/mol. The van der Waals surface area contributed by atoms with Crippen LogP contribution in [0.5, 0.6) is 17.2 Å². The van der Waals surface area contributed by atoms with Gasteiger partial charge in [-0.3, -0.25) is 24.2 Å². The molecule has 10 nitrogen and oxygen atoms in total. The minimum atomic E-state index is -4.80. The minimum Gasteiger partial charge on any atom is -0.502 e. The van der Waals surface area contributed by atoms with E-state index in [1.807, 2.05) is 0 Å². The maximum absolute atomic E-state index is 14.1. The Morgan fingerprint density at radius 3 is 2.38 bits per heavy atom. The van der Waals surface area contributed by atoms with E-state index in [0.29, 0.717) is 17.2 Å². The zero-order chi connectivity index (χ0) is 34.8. The van der Waals surface area contributed by atoms with Gasteiger partial charge in [0.1, 0.15) is 5.69 Å². The Morgan fingerprint density at radius 1 is 1.08 bits per heavy atom. The van der Waals surface area contributed by atoms with Gasteiger partial charge in [0, 0.05) is 30.2 Å². The quantitative estimate of drug-likeness (QED) is 0.221. The third-order valence-corrected chi connectivity index (χ3v) is 9.95. The molecule has 1 aromatic heterocycles. The number of methoxy groups -OCH3 is 2. The first-order valence-electron chi connectivity index (χ1n) is 14.6. The summed E-state index contributed by atoms with van der Waals surface area (Å²) in [4.78, 5) is 58.3. The Labute approximate surface area is 285 Å². The number of fused-ring (bicyclic) bond motifs is 3. The van der Waals surface area contributed by atoms with Crippen LogP contribution in [0.2, 0.25) is 5.02 Å². The standard InChI is InChI=1S/C33H26BrClF3N3O7/c1-40(30-21(35)8-9-25(39-30)33(36,37)38)41-31(45)17-7-6-15-16(5-4-14-10-23(47-2)29(44)24(11-14)48-3)26-19(12-18(15)27(17)32(41)46)28(43)20(34)13-22(26)42/h4-6,8-11,13,16-18,27,44H,7,12H2,1-3H3. The molecule has 2 amide bonds. The maximum Gasteiger partial charge on any atom is 0.433 e. The van der Waals surface area contributed by atoms with E-state index < -0.39 is 64.7 Å². The number of nitrogens with zero attached hydrogens (tertiary/aromatic N) is 3. The Bertz CT molecular complexity index is 1900. The van der Waals surface area contributed by atoms with E-state index in [1.165, 1.54) is 27.3 Å². The van der Waals surface area contributed by atoms with E-state index in [2.05, 4.69) is 20.9 Å². The van der Waals surface area contributed by atoms with Gasteiger partial charge in [0.15, 0.2) is 28.9 Å². The second-order valence-corrected chi connectivity index (χ2v) is 12.8. The van der Waals surface area contributed by atoms with Gasteiger partial charge in [-0.15, -0.1) is 0 Å². The summed E-state index contributed by atoms with van der Waals surface area (Å²) in [5, 5.41) is 11.8. The largest absolute Gasteiger partial charge is 0.502 e. The first-order valence-corrected chi connectivity index (χ1v) is 15.7. The Morgan fingerprint density at radius 2 is 1.75 bits per heavy atom. The van der Waals surface area contributed by atoms with Crippen LogP contribution in [-0.4, -0.2) is 59.7 Å². The predicted octanol–water partition coefficient (Wildman–Crippen LogP) is 5.84. The number of ketones is 2. The van der Waals surface area contributed by atoms with Crippen molar-refractivity contribution in [2.24, 2.45) is 23.7 Å². The zero-order valence-electron chi connectivity index (χ0n) is 25.5. The molecular formula is C33H26BrClF3N3O7. The van der Waals surface area contributed by atoms with E-state index >= 15 is 0 Å². The molecule has 250 valence electrons. The minimum absolute atomic E-state index is 0.0137. The number of phenolic OH excluding ortho intramolecular Hbond substituents is 1. The number of imide groups is 1. The van der Waals surface area contributed by atoms with Gasteiger partial charge in [-0.1, -0.05) is 35.4 Å². The van der Waals surface area contributed by atoms with Crippen LogP contribution in [0, 0.1) is 23.7 Å².